The van der Waals surface area contributed by atoms with E-state index in [1.165, 1.54) is 32.5 Å². The van der Waals surface area contributed by atoms with Gasteiger partial charge in [0.1, 0.15) is 0 Å². The molecule has 0 radical (unpaired) electrons. The predicted molar refractivity (Wildman–Crippen MR) is 97.1 cm³/mol. The Kier molecular flexibility index (Phi) is 3.17. The van der Waals surface area contributed by atoms with Gasteiger partial charge in [-0.3, -0.25) is 0 Å². The highest BCUT2D eigenvalue weighted by molar-refractivity contribution is 6.86. The maximum Gasteiger partial charge on any atom is 0.287 e. The number of hydrogen-bond acceptors (Lipinski definition) is 1. The van der Waals surface area contributed by atoms with Gasteiger partial charge in [-0.05, 0) is 32.5 Å². The highest BCUT2D eigenvalue weighted by Crippen LogP contribution is 2.14. The Balaban J connectivity index is 1.94. The van der Waals surface area contributed by atoms with Crippen LogP contribution >= 0.6 is 0 Å². The molecule has 0 saturated carbocycles. The Morgan fingerprint density at radius 2 is 0.909 bits per heavy atom. The van der Waals surface area contributed by atoms with Crippen molar-refractivity contribution in [2.24, 2.45) is 5.64 Å². The molecule has 4 rings (SSSR count). The van der Waals surface area contributed by atoms with Crippen LogP contribution in [-0.2, 0) is 0 Å². The molecule has 4 aromatic carbocycles. The predicted octanol–water partition coefficient (Wildman–Crippen LogP) is 3.06. The average Bonchev–Trinajstić information content (AvgIpc) is 2.60. The fraction of sp³-hybridized carbons (Fsp3) is 0. The zero-order valence-electron chi connectivity index (χ0n) is 12.2. The van der Waals surface area contributed by atoms with Crippen molar-refractivity contribution >= 4 is 39.3 Å². The minimum Gasteiger partial charge on any atom is -0.362 e. The van der Waals surface area contributed by atoms with E-state index in [1.54, 1.807) is 0 Å². The molecule has 104 valence electrons. The summed E-state index contributed by atoms with van der Waals surface area (Å²) >= 11 is 0. The summed E-state index contributed by atoms with van der Waals surface area (Å²) in [5.41, 5.74) is 9.00. The molecule has 0 aromatic heterocycles. The summed E-state index contributed by atoms with van der Waals surface area (Å²) in [6, 6.07) is 29.5. The summed E-state index contributed by atoms with van der Waals surface area (Å²) in [6.07, 6.45) is 0. The molecule has 22 heavy (non-hydrogen) atoms. The summed E-state index contributed by atoms with van der Waals surface area (Å²) in [6.45, 7) is -0.128. The van der Waals surface area contributed by atoms with Gasteiger partial charge >= 0.3 is 0 Å². The quantitative estimate of drug-likeness (QED) is 0.561. The summed E-state index contributed by atoms with van der Waals surface area (Å²) in [4.78, 5) is 0. The zero-order chi connectivity index (χ0) is 14.9. The number of rotatable bonds is 2. The molecule has 4 aromatic rings. The first-order valence-corrected chi connectivity index (χ1v) is 7.55. The van der Waals surface area contributed by atoms with E-state index in [9.17, 15) is 0 Å². The van der Waals surface area contributed by atoms with E-state index in [1.807, 2.05) is 0 Å². The fourth-order valence-electron chi connectivity index (χ4n) is 3.21. The van der Waals surface area contributed by atoms with E-state index < -0.39 is 0 Å². The first-order chi connectivity index (χ1) is 10.8. The van der Waals surface area contributed by atoms with Crippen LogP contribution in [0.3, 0.4) is 0 Å². The topological polar surface area (TPSA) is 26.0 Å². The van der Waals surface area contributed by atoms with Crippen LogP contribution in [0.5, 0.6) is 0 Å². The third kappa shape index (κ3) is 2.09. The van der Waals surface area contributed by atoms with Gasteiger partial charge < -0.3 is 5.64 Å². The summed E-state index contributed by atoms with van der Waals surface area (Å²) < 4.78 is 0. The van der Waals surface area contributed by atoms with Crippen molar-refractivity contribution in [1.29, 1.82) is 0 Å². The van der Waals surface area contributed by atoms with E-state index in [2.05, 4.69) is 84.9 Å². The molecule has 1 nitrogen and oxygen atoms in total. The van der Waals surface area contributed by atoms with Crippen LogP contribution in [0.25, 0.3) is 21.5 Å². The first kappa shape index (κ1) is 13.1. The third-order valence-electron chi connectivity index (χ3n) is 4.32. The molecular formula is C20H16BN. The molecule has 0 unspecified atom stereocenters. The number of hydrogen-bond donors (Lipinski definition) is 1. The molecular weight excluding hydrogens is 265 g/mol. The minimum atomic E-state index is -0.128. The summed E-state index contributed by atoms with van der Waals surface area (Å²) in [5, 5.41) is 4.92. The molecule has 2 heteroatoms. The number of nitrogens with two attached hydrogens (primary N) is 1. The third-order valence-corrected chi connectivity index (χ3v) is 4.32. The van der Waals surface area contributed by atoms with Gasteiger partial charge in [-0.25, -0.2) is 0 Å². The van der Waals surface area contributed by atoms with Crippen molar-refractivity contribution in [3.8, 4) is 0 Å². The smallest absolute Gasteiger partial charge is 0.287 e. The van der Waals surface area contributed by atoms with E-state index in [0.717, 1.165) is 0 Å². The first-order valence-electron chi connectivity index (χ1n) is 7.55. The van der Waals surface area contributed by atoms with Crippen molar-refractivity contribution in [3.63, 3.8) is 0 Å². The average molecular weight is 281 g/mol. The maximum atomic E-state index is 6.65. The van der Waals surface area contributed by atoms with Crippen molar-refractivity contribution < 1.29 is 0 Å². The second-order valence-corrected chi connectivity index (χ2v) is 5.61. The molecule has 0 amide bonds. The number of fused-ring (bicyclic) bond motifs is 2. The molecule has 0 fully saturated rings. The largest absolute Gasteiger partial charge is 0.362 e. The minimum absolute atomic E-state index is 0.128. The Bertz CT molecular complexity index is 872. The van der Waals surface area contributed by atoms with Crippen LogP contribution < -0.4 is 16.6 Å². The lowest BCUT2D eigenvalue weighted by atomic mass is 9.50. The normalized spacial score (nSPS) is 11.0. The van der Waals surface area contributed by atoms with Gasteiger partial charge in [-0.2, -0.15) is 0 Å². The van der Waals surface area contributed by atoms with Gasteiger partial charge in [0.2, 0.25) is 0 Å². The van der Waals surface area contributed by atoms with Gasteiger partial charge in [-0.1, -0.05) is 84.9 Å². The molecule has 0 spiro atoms. The zero-order valence-corrected chi connectivity index (χ0v) is 12.2. The maximum absolute atomic E-state index is 6.65. The molecule has 2 N–H and O–H groups in total. The van der Waals surface area contributed by atoms with Crippen LogP contribution in [0.2, 0.25) is 0 Å². The standard InChI is InChI=1S/C20H16BN/c22-21(19-13-5-9-15-7-1-3-11-17(15)19)20-14-6-10-16-8-2-4-12-18(16)20/h1-14H,22H2. The van der Waals surface area contributed by atoms with E-state index in [0.29, 0.717) is 0 Å². The Hall–Kier alpha value is -2.58. The van der Waals surface area contributed by atoms with Crippen LogP contribution in [-0.4, -0.2) is 6.85 Å². The Labute approximate surface area is 130 Å². The highest BCUT2D eigenvalue weighted by atomic mass is 14.4. The lowest BCUT2D eigenvalue weighted by Gasteiger charge is -2.14. The van der Waals surface area contributed by atoms with Crippen LogP contribution in [0, 0.1) is 0 Å². The molecule has 0 aliphatic heterocycles. The molecule has 0 aliphatic carbocycles. The van der Waals surface area contributed by atoms with E-state index >= 15 is 0 Å². The van der Waals surface area contributed by atoms with Crippen molar-refractivity contribution in [2.75, 3.05) is 0 Å². The van der Waals surface area contributed by atoms with Crippen molar-refractivity contribution in [3.05, 3.63) is 84.9 Å². The monoisotopic (exact) mass is 281 g/mol. The SMILES string of the molecule is NB(c1cccc2ccccc12)c1cccc2ccccc12. The molecule has 0 aliphatic rings. The lowest BCUT2D eigenvalue weighted by Crippen LogP contribution is -2.51. The van der Waals surface area contributed by atoms with E-state index in [-0.39, 0.29) is 6.85 Å². The highest BCUT2D eigenvalue weighted by Gasteiger charge is 2.18. The Morgan fingerprint density at radius 1 is 0.500 bits per heavy atom. The summed E-state index contributed by atoms with van der Waals surface area (Å²) in [7, 11) is 0. The summed E-state index contributed by atoms with van der Waals surface area (Å²) in [5.74, 6) is 0. The van der Waals surface area contributed by atoms with Crippen LogP contribution in [0.4, 0.5) is 0 Å². The molecule has 0 bridgehead atoms. The lowest BCUT2D eigenvalue weighted by molar-refractivity contribution is 1.72. The Morgan fingerprint density at radius 3 is 1.41 bits per heavy atom. The van der Waals surface area contributed by atoms with Crippen molar-refractivity contribution in [1.82, 2.24) is 0 Å². The van der Waals surface area contributed by atoms with Crippen LogP contribution in [0.15, 0.2) is 84.9 Å². The van der Waals surface area contributed by atoms with Gasteiger partial charge in [0.15, 0.2) is 0 Å². The van der Waals surface area contributed by atoms with Gasteiger partial charge in [0.05, 0.1) is 0 Å². The molecule has 0 heterocycles. The van der Waals surface area contributed by atoms with Gasteiger partial charge in [-0.15, -0.1) is 0 Å². The number of benzene rings is 4. The second kappa shape index (κ2) is 5.32. The second-order valence-electron chi connectivity index (χ2n) is 5.61. The molecule has 0 saturated heterocycles. The van der Waals surface area contributed by atoms with Crippen LogP contribution in [0.1, 0.15) is 0 Å². The van der Waals surface area contributed by atoms with Crippen molar-refractivity contribution in [2.45, 2.75) is 0 Å². The van der Waals surface area contributed by atoms with Gasteiger partial charge in [0, 0.05) is 0 Å². The van der Waals surface area contributed by atoms with E-state index in [4.69, 9.17) is 5.64 Å². The molecule has 0 atom stereocenters. The van der Waals surface area contributed by atoms with Gasteiger partial charge in [0.25, 0.3) is 6.85 Å². The fourth-order valence-corrected chi connectivity index (χ4v) is 3.21.